The number of fused-ring (bicyclic) bond motifs is 1. The van der Waals surface area contributed by atoms with Crippen LogP contribution in [-0.4, -0.2) is 29.6 Å². The summed E-state index contributed by atoms with van der Waals surface area (Å²) in [6.45, 7) is 2.49. The molecule has 1 heterocycles. The van der Waals surface area contributed by atoms with Crippen LogP contribution in [-0.2, 0) is 4.74 Å². The number of hydrogen-bond acceptors (Lipinski definition) is 3. The lowest BCUT2D eigenvalue weighted by molar-refractivity contribution is -0.00598. The molecule has 0 aliphatic heterocycles. The molecule has 0 spiro atoms. The van der Waals surface area contributed by atoms with Crippen LogP contribution in [0.1, 0.15) is 36.5 Å². The van der Waals surface area contributed by atoms with E-state index in [0.717, 1.165) is 18.2 Å². The molecule has 1 amide bonds. The maximum Gasteiger partial charge on any atom is 0.253 e. The standard InChI is InChI=1S/C17H19ClN2O2/c1-11(10-22-14-5-3-6-14)20-17(21)13-8-12-4-2-7-15(18)16(12)19-9-13/h2,4,7-9,11,14H,3,5-6,10H2,1H3,(H,20,21). The Bertz CT molecular complexity index is 685. The summed E-state index contributed by atoms with van der Waals surface area (Å²) >= 11 is 6.08. The summed E-state index contributed by atoms with van der Waals surface area (Å²) < 4.78 is 5.71. The van der Waals surface area contributed by atoms with E-state index in [1.165, 1.54) is 6.42 Å². The molecule has 4 nitrogen and oxygen atoms in total. The fraction of sp³-hybridized carbons (Fsp3) is 0.412. The maximum atomic E-state index is 12.3. The first-order valence-corrected chi connectivity index (χ1v) is 7.98. The summed E-state index contributed by atoms with van der Waals surface area (Å²) in [7, 11) is 0. The minimum absolute atomic E-state index is 0.0249. The molecule has 1 N–H and O–H groups in total. The Morgan fingerprint density at radius 1 is 1.50 bits per heavy atom. The Morgan fingerprint density at radius 2 is 2.32 bits per heavy atom. The lowest BCUT2D eigenvalue weighted by Gasteiger charge is -2.27. The van der Waals surface area contributed by atoms with E-state index in [2.05, 4.69) is 10.3 Å². The van der Waals surface area contributed by atoms with Crippen molar-refractivity contribution in [3.8, 4) is 0 Å². The Labute approximate surface area is 134 Å². The molecule has 1 aliphatic carbocycles. The van der Waals surface area contributed by atoms with Gasteiger partial charge in [-0.25, -0.2) is 0 Å². The average Bonchev–Trinajstić information content (AvgIpc) is 2.45. The third-order valence-corrected chi connectivity index (χ3v) is 4.24. The Morgan fingerprint density at radius 3 is 3.05 bits per heavy atom. The molecule has 1 aromatic carbocycles. The second kappa shape index (κ2) is 6.63. The first-order chi connectivity index (χ1) is 10.6. The first-order valence-electron chi connectivity index (χ1n) is 7.60. The third kappa shape index (κ3) is 3.39. The SMILES string of the molecule is CC(COC1CCC1)NC(=O)c1cnc2c(Cl)cccc2c1. The monoisotopic (exact) mass is 318 g/mol. The van der Waals surface area contributed by atoms with Gasteiger partial charge >= 0.3 is 0 Å². The van der Waals surface area contributed by atoms with Crippen LogP contribution in [0.3, 0.4) is 0 Å². The van der Waals surface area contributed by atoms with E-state index >= 15 is 0 Å². The normalized spacial score (nSPS) is 16.3. The Kier molecular flexibility index (Phi) is 4.60. The van der Waals surface area contributed by atoms with Crippen LogP contribution in [0.5, 0.6) is 0 Å². The number of ether oxygens (including phenoxy) is 1. The predicted octanol–water partition coefficient (Wildman–Crippen LogP) is 3.58. The van der Waals surface area contributed by atoms with Crippen molar-refractivity contribution in [1.82, 2.24) is 10.3 Å². The average molecular weight is 319 g/mol. The van der Waals surface area contributed by atoms with Crippen LogP contribution in [0, 0.1) is 0 Å². The fourth-order valence-corrected chi connectivity index (χ4v) is 2.65. The zero-order valence-corrected chi connectivity index (χ0v) is 13.3. The molecule has 1 saturated carbocycles. The van der Waals surface area contributed by atoms with E-state index in [9.17, 15) is 4.79 Å². The zero-order chi connectivity index (χ0) is 15.5. The fourth-order valence-electron chi connectivity index (χ4n) is 2.41. The quantitative estimate of drug-likeness (QED) is 0.916. The summed E-state index contributed by atoms with van der Waals surface area (Å²) in [5.41, 5.74) is 1.24. The molecule has 1 aromatic heterocycles. The van der Waals surface area contributed by atoms with Gasteiger partial charge in [-0.1, -0.05) is 23.7 Å². The van der Waals surface area contributed by atoms with Gasteiger partial charge < -0.3 is 10.1 Å². The van der Waals surface area contributed by atoms with Crippen LogP contribution in [0.25, 0.3) is 10.9 Å². The van der Waals surface area contributed by atoms with E-state index in [1.54, 1.807) is 12.3 Å². The summed E-state index contributed by atoms with van der Waals surface area (Å²) in [5.74, 6) is -0.140. The molecule has 1 fully saturated rings. The molecular weight excluding hydrogens is 300 g/mol. The molecule has 0 saturated heterocycles. The van der Waals surface area contributed by atoms with Gasteiger partial charge in [-0.3, -0.25) is 9.78 Å². The lowest BCUT2D eigenvalue weighted by Crippen LogP contribution is -2.38. The minimum atomic E-state index is -0.140. The number of nitrogens with one attached hydrogen (secondary N) is 1. The zero-order valence-electron chi connectivity index (χ0n) is 12.5. The van der Waals surface area contributed by atoms with Crippen molar-refractivity contribution in [3.05, 3.63) is 41.0 Å². The molecule has 0 radical (unpaired) electrons. The van der Waals surface area contributed by atoms with Crippen LogP contribution < -0.4 is 5.32 Å². The molecule has 0 bridgehead atoms. The van der Waals surface area contributed by atoms with Gasteiger partial charge in [-0.2, -0.15) is 0 Å². The lowest BCUT2D eigenvalue weighted by atomic mass is 9.96. The number of halogens is 1. The number of amides is 1. The summed E-state index contributed by atoms with van der Waals surface area (Å²) in [6, 6.07) is 7.32. The van der Waals surface area contributed by atoms with Crippen LogP contribution in [0.2, 0.25) is 5.02 Å². The van der Waals surface area contributed by atoms with Crippen LogP contribution in [0.4, 0.5) is 0 Å². The van der Waals surface area contributed by atoms with Crippen molar-refractivity contribution in [2.24, 2.45) is 0 Å². The van der Waals surface area contributed by atoms with Crippen molar-refractivity contribution in [2.45, 2.75) is 38.3 Å². The van der Waals surface area contributed by atoms with Crippen LogP contribution >= 0.6 is 11.6 Å². The van der Waals surface area contributed by atoms with E-state index in [-0.39, 0.29) is 11.9 Å². The number of carbonyl (C=O) groups is 1. The smallest absolute Gasteiger partial charge is 0.253 e. The number of carbonyl (C=O) groups excluding carboxylic acids is 1. The highest BCUT2D eigenvalue weighted by molar-refractivity contribution is 6.35. The molecular formula is C17H19ClN2O2. The van der Waals surface area contributed by atoms with Gasteiger partial charge in [0.2, 0.25) is 0 Å². The van der Waals surface area contributed by atoms with Crippen molar-refractivity contribution >= 4 is 28.4 Å². The summed E-state index contributed by atoms with van der Waals surface area (Å²) in [4.78, 5) is 16.6. The summed E-state index contributed by atoms with van der Waals surface area (Å²) in [5, 5.41) is 4.39. The molecule has 3 rings (SSSR count). The number of aromatic nitrogens is 1. The first kappa shape index (κ1) is 15.3. The molecule has 22 heavy (non-hydrogen) atoms. The van der Waals surface area contributed by atoms with E-state index < -0.39 is 0 Å². The van der Waals surface area contributed by atoms with E-state index in [4.69, 9.17) is 16.3 Å². The van der Waals surface area contributed by atoms with Gasteiger partial charge in [-0.15, -0.1) is 0 Å². The highest BCUT2D eigenvalue weighted by Crippen LogP contribution is 2.22. The highest BCUT2D eigenvalue weighted by atomic mass is 35.5. The molecule has 2 aromatic rings. The molecule has 1 atom stereocenters. The number of pyridine rings is 1. The third-order valence-electron chi connectivity index (χ3n) is 3.94. The number of rotatable bonds is 5. The summed E-state index contributed by atoms with van der Waals surface area (Å²) in [6.07, 6.45) is 5.45. The highest BCUT2D eigenvalue weighted by Gasteiger charge is 2.19. The van der Waals surface area contributed by atoms with Crippen molar-refractivity contribution in [1.29, 1.82) is 0 Å². The van der Waals surface area contributed by atoms with Gasteiger partial charge in [0.1, 0.15) is 0 Å². The van der Waals surface area contributed by atoms with E-state index in [1.807, 2.05) is 25.1 Å². The van der Waals surface area contributed by atoms with Crippen molar-refractivity contribution < 1.29 is 9.53 Å². The largest absolute Gasteiger partial charge is 0.376 e. The number of hydrogen-bond donors (Lipinski definition) is 1. The topological polar surface area (TPSA) is 51.2 Å². The molecule has 5 heteroatoms. The number of nitrogens with zero attached hydrogens (tertiary/aromatic N) is 1. The predicted molar refractivity (Wildman–Crippen MR) is 87.3 cm³/mol. The van der Waals surface area contributed by atoms with Crippen molar-refractivity contribution in [3.63, 3.8) is 0 Å². The van der Waals surface area contributed by atoms with Gasteiger partial charge in [0.15, 0.2) is 0 Å². The van der Waals surface area contributed by atoms with Gasteiger partial charge in [0.05, 0.1) is 28.8 Å². The minimum Gasteiger partial charge on any atom is -0.376 e. The van der Waals surface area contributed by atoms with Crippen LogP contribution in [0.15, 0.2) is 30.5 Å². The molecule has 116 valence electrons. The van der Waals surface area contributed by atoms with Crippen molar-refractivity contribution in [2.75, 3.05) is 6.61 Å². The van der Waals surface area contributed by atoms with Gasteiger partial charge in [0, 0.05) is 17.6 Å². The van der Waals surface area contributed by atoms with Gasteiger partial charge in [0.25, 0.3) is 5.91 Å². The Balaban J connectivity index is 1.63. The van der Waals surface area contributed by atoms with E-state index in [0.29, 0.717) is 28.8 Å². The second-order valence-corrected chi connectivity index (χ2v) is 6.20. The number of benzene rings is 1. The maximum absolute atomic E-state index is 12.3. The molecule has 1 unspecified atom stereocenters. The molecule has 1 aliphatic rings. The Hall–Kier alpha value is -1.65. The second-order valence-electron chi connectivity index (χ2n) is 5.80. The van der Waals surface area contributed by atoms with Gasteiger partial charge in [-0.05, 0) is 38.3 Å². The number of para-hydroxylation sites is 1.